The number of anilines is 1. The molecule has 2 aromatic rings. The molecular weight excluding hydrogens is 422 g/mol. The minimum atomic E-state index is -0.207. The molecule has 168 valence electrons. The van der Waals surface area contributed by atoms with Crippen LogP contribution in [0.5, 0.6) is 5.75 Å². The van der Waals surface area contributed by atoms with Gasteiger partial charge in [0.15, 0.2) is 6.67 Å². The first-order valence-electron chi connectivity index (χ1n) is 11.3. The predicted molar refractivity (Wildman–Crippen MR) is 129 cm³/mol. The Morgan fingerprint density at radius 1 is 1.03 bits per heavy atom. The van der Waals surface area contributed by atoms with Gasteiger partial charge in [0.05, 0.1) is 37.7 Å². The molecule has 0 aliphatic carbocycles. The highest BCUT2D eigenvalue weighted by atomic mass is 32.2. The lowest BCUT2D eigenvalue weighted by molar-refractivity contribution is -0.907. The Morgan fingerprint density at radius 3 is 2.50 bits per heavy atom. The van der Waals surface area contributed by atoms with Crippen LogP contribution < -0.4 is 14.5 Å². The number of amides is 2. The van der Waals surface area contributed by atoms with Crippen LogP contribution in [0.2, 0.25) is 0 Å². The Kier molecular flexibility index (Phi) is 7.50. The quantitative estimate of drug-likeness (QED) is 0.492. The number of benzene rings is 2. The van der Waals surface area contributed by atoms with Gasteiger partial charge in [-0.05, 0) is 42.5 Å². The summed E-state index contributed by atoms with van der Waals surface area (Å²) < 4.78 is 5.87. The number of nitrogens with one attached hydrogen (secondary N) is 1. The van der Waals surface area contributed by atoms with E-state index in [4.69, 9.17) is 4.74 Å². The van der Waals surface area contributed by atoms with Gasteiger partial charge >= 0.3 is 0 Å². The highest BCUT2D eigenvalue weighted by molar-refractivity contribution is 8.18. The maximum absolute atomic E-state index is 13.0. The number of unbranched alkanes of at least 4 members (excludes halogenated alkanes) is 1. The van der Waals surface area contributed by atoms with Crippen LogP contribution >= 0.6 is 11.8 Å². The largest absolute Gasteiger partial charge is 0.493 e. The molecule has 0 spiro atoms. The molecule has 2 aliphatic rings. The van der Waals surface area contributed by atoms with Crippen LogP contribution in [0.1, 0.15) is 25.3 Å². The van der Waals surface area contributed by atoms with Crippen molar-refractivity contribution in [2.24, 2.45) is 0 Å². The predicted octanol–water partition coefficient (Wildman–Crippen LogP) is 3.26. The molecule has 0 atom stereocenters. The fourth-order valence-corrected chi connectivity index (χ4v) is 4.77. The number of imide groups is 1. The van der Waals surface area contributed by atoms with Gasteiger partial charge in [0.2, 0.25) is 0 Å². The van der Waals surface area contributed by atoms with Gasteiger partial charge in [-0.3, -0.25) is 9.59 Å². The highest BCUT2D eigenvalue weighted by Crippen LogP contribution is 2.33. The zero-order valence-corrected chi connectivity index (χ0v) is 19.3. The number of piperazine rings is 1. The van der Waals surface area contributed by atoms with E-state index in [0.29, 0.717) is 18.2 Å². The normalized spacial score (nSPS) is 18.6. The molecule has 0 radical (unpaired) electrons. The van der Waals surface area contributed by atoms with E-state index in [-0.39, 0.29) is 11.1 Å². The highest BCUT2D eigenvalue weighted by Gasteiger charge is 2.38. The Balaban J connectivity index is 1.38. The van der Waals surface area contributed by atoms with Gasteiger partial charge in [-0.1, -0.05) is 49.7 Å². The van der Waals surface area contributed by atoms with Gasteiger partial charge < -0.3 is 14.5 Å². The number of carbonyl (C=O) groups is 2. The van der Waals surface area contributed by atoms with Gasteiger partial charge in [-0.15, -0.1) is 0 Å². The second kappa shape index (κ2) is 10.7. The van der Waals surface area contributed by atoms with E-state index in [1.165, 1.54) is 15.5 Å². The van der Waals surface area contributed by atoms with E-state index < -0.39 is 0 Å². The Hall–Kier alpha value is -2.77. The topological polar surface area (TPSA) is 54.3 Å². The second-order valence-corrected chi connectivity index (χ2v) is 9.07. The summed E-state index contributed by atoms with van der Waals surface area (Å²) in [6.07, 6.45) is 3.82. The van der Waals surface area contributed by atoms with Crippen LogP contribution in [-0.2, 0) is 4.79 Å². The number of nitrogens with zero attached hydrogens (tertiary/aromatic N) is 2. The first-order valence-corrected chi connectivity index (χ1v) is 12.1. The third kappa shape index (κ3) is 5.34. The first kappa shape index (κ1) is 22.4. The molecule has 2 aliphatic heterocycles. The second-order valence-electron chi connectivity index (χ2n) is 8.08. The lowest BCUT2D eigenvalue weighted by Gasteiger charge is -2.34. The Bertz CT molecular complexity index is 971. The molecule has 32 heavy (non-hydrogen) atoms. The average Bonchev–Trinajstić information content (AvgIpc) is 3.09. The molecular formula is C25H30N3O3S+. The monoisotopic (exact) mass is 452 g/mol. The zero-order chi connectivity index (χ0) is 22.3. The number of para-hydroxylation sites is 2. The SMILES string of the molecule is CCCCOc1ccccc1/C=C1/SC(=O)N(C[NH+]2CCN(c3ccccc3)CC2)C1=O. The van der Waals surface area contributed by atoms with Crippen LogP contribution in [0.3, 0.4) is 0 Å². The summed E-state index contributed by atoms with van der Waals surface area (Å²) >= 11 is 1.02. The number of thioether (sulfide) groups is 1. The van der Waals surface area contributed by atoms with Gasteiger partial charge in [-0.2, -0.15) is 0 Å². The van der Waals surface area contributed by atoms with E-state index in [9.17, 15) is 9.59 Å². The molecule has 0 bridgehead atoms. The fraction of sp³-hybridized carbons (Fsp3) is 0.360. The van der Waals surface area contributed by atoms with Crippen molar-refractivity contribution in [1.29, 1.82) is 0 Å². The molecule has 4 rings (SSSR count). The first-order chi connectivity index (χ1) is 15.7. The molecule has 2 aromatic carbocycles. The molecule has 2 fully saturated rings. The smallest absolute Gasteiger partial charge is 0.298 e. The van der Waals surface area contributed by atoms with Crippen molar-refractivity contribution < 1.29 is 19.2 Å². The van der Waals surface area contributed by atoms with Gasteiger partial charge in [-0.25, -0.2) is 4.90 Å². The molecule has 0 saturated carbocycles. The summed E-state index contributed by atoms with van der Waals surface area (Å²) in [5, 5.41) is -0.191. The van der Waals surface area contributed by atoms with Crippen molar-refractivity contribution in [2.45, 2.75) is 19.8 Å². The maximum Gasteiger partial charge on any atom is 0.298 e. The fourth-order valence-electron chi connectivity index (χ4n) is 3.94. The lowest BCUT2D eigenvalue weighted by atomic mass is 10.2. The number of carbonyl (C=O) groups excluding carboxylic acids is 2. The molecule has 6 nitrogen and oxygen atoms in total. The number of ether oxygens (including phenoxy) is 1. The molecule has 2 saturated heterocycles. The van der Waals surface area contributed by atoms with E-state index in [1.54, 1.807) is 6.08 Å². The lowest BCUT2D eigenvalue weighted by Crippen LogP contribution is -3.16. The van der Waals surface area contributed by atoms with E-state index >= 15 is 0 Å². The van der Waals surface area contributed by atoms with Crippen molar-refractivity contribution in [3.8, 4) is 5.75 Å². The van der Waals surface area contributed by atoms with Crippen molar-refractivity contribution in [3.63, 3.8) is 0 Å². The number of quaternary nitrogens is 1. The summed E-state index contributed by atoms with van der Waals surface area (Å²) in [5.41, 5.74) is 2.05. The van der Waals surface area contributed by atoms with Crippen LogP contribution in [0.15, 0.2) is 59.5 Å². The van der Waals surface area contributed by atoms with Crippen LogP contribution in [0, 0.1) is 0 Å². The Labute approximate surface area is 193 Å². The number of rotatable bonds is 8. The van der Waals surface area contributed by atoms with E-state index in [2.05, 4.69) is 24.0 Å². The van der Waals surface area contributed by atoms with Crippen LogP contribution in [0.4, 0.5) is 10.5 Å². The van der Waals surface area contributed by atoms with Crippen molar-refractivity contribution in [3.05, 3.63) is 65.1 Å². The molecule has 2 amide bonds. The molecule has 2 heterocycles. The summed E-state index contributed by atoms with van der Waals surface area (Å²) in [6, 6.07) is 18.0. The van der Waals surface area contributed by atoms with Gasteiger partial charge in [0, 0.05) is 11.3 Å². The Morgan fingerprint density at radius 2 is 1.75 bits per heavy atom. The standard InChI is InChI=1S/C25H29N3O3S/c1-2-3-17-31-22-12-8-7-9-20(22)18-23-24(29)28(25(30)32-23)19-26-13-15-27(16-14-26)21-10-5-4-6-11-21/h4-12,18H,2-3,13-17,19H2,1H3/p+1/b23-18+. The van der Waals surface area contributed by atoms with Gasteiger partial charge in [0.25, 0.3) is 11.1 Å². The molecule has 0 unspecified atom stereocenters. The number of hydrogen-bond acceptors (Lipinski definition) is 5. The van der Waals surface area contributed by atoms with Crippen molar-refractivity contribution in [1.82, 2.24) is 4.90 Å². The third-order valence-electron chi connectivity index (χ3n) is 5.81. The summed E-state index contributed by atoms with van der Waals surface area (Å²) in [5.74, 6) is 0.539. The van der Waals surface area contributed by atoms with Gasteiger partial charge in [0.1, 0.15) is 5.75 Å². The summed E-state index contributed by atoms with van der Waals surface area (Å²) in [4.78, 5) is 31.1. The molecule has 0 aromatic heterocycles. The number of hydrogen-bond donors (Lipinski definition) is 1. The van der Waals surface area contributed by atoms with Crippen LogP contribution in [0.25, 0.3) is 6.08 Å². The van der Waals surface area contributed by atoms with E-state index in [1.807, 2.05) is 42.5 Å². The third-order valence-corrected chi connectivity index (χ3v) is 6.72. The molecule has 1 N–H and O–H groups in total. The van der Waals surface area contributed by atoms with Crippen molar-refractivity contribution >= 4 is 34.7 Å². The average molecular weight is 453 g/mol. The summed E-state index contributed by atoms with van der Waals surface area (Å²) in [7, 11) is 0. The van der Waals surface area contributed by atoms with Crippen molar-refractivity contribution in [2.75, 3.05) is 44.4 Å². The maximum atomic E-state index is 13.0. The van der Waals surface area contributed by atoms with E-state index in [0.717, 1.165) is 62.1 Å². The molecule has 7 heteroatoms. The van der Waals surface area contributed by atoms with Crippen LogP contribution in [-0.4, -0.2) is 55.5 Å². The minimum Gasteiger partial charge on any atom is -0.493 e. The minimum absolute atomic E-state index is 0.191. The zero-order valence-electron chi connectivity index (χ0n) is 18.5. The summed E-state index contributed by atoms with van der Waals surface area (Å²) in [6.45, 7) is 6.78.